The van der Waals surface area contributed by atoms with Crippen molar-refractivity contribution in [2.24, 2.45) is 0 Å². The second kappa shape index (κ2) is 5.97. The lowest BCUT2D eigenvalue weighted by Gasteiger charge is -2.31. The van der Waals surface area contributed by atoms with Crippen molar-refractivity contribution >= 4 is 22.9 Å². The van der Waals surface area contributed by atoms with Gasteiger partial charge in [-0.1, -0.05) is 48.5 Å². The van der Waals surface area contributed by atoms with Gasteiger partial charge in [0.1, 0.15) is 0 Å². The molecule has 5 heteroatoms. The average molecular weight is 331 g/mol. The van der Waals surface area contributed by atoms with Gasteiger partial charge in [-0.3, -0.25) is 4.98 Å². The van der Waals surface area contributed by atoms with Crippen LogP contribution >= 0.6 is 11.6 Å². The van der Waals surface area contributed by atoms with E-state index in [1.807, 2.05) is 30.3 Å². The molecule has 23 heavy (non-hydrogen) atoms. The van der Waals surface area contributed by atoms with Crippen molar-refractivity contribution in [2.45, 2.75) is 0 Å². The van der Waals surface area contributed by atoms with Crippen LogP contribution in [0.15, 0.2) is 66.1 Å². The Morgan fingerprint density at radius 1 is 1.09 bits per heavy atom. The zero-order valence-electron chi connectivity index (χ0n) is 12.4. The smallest absolute Gasteiger partial charge is 0.153 e. The highest BCUT2D eigenvalue weighted by Gasteiger charge is 2.27. The first-order valence-electron chi connectivity index (χ1n) is 6.90. The maximum atomic E-state index is 14.3. The minimum absolute atomic E-state index is 0.150. The number of halogens is 3. The van der Waals surface area contributed by atoms with Crippen molar-refractivity contribution in [3.63, 3.8) is 0 Å². The first kappa shape index (κ1) is 15.4. The summed E-state index contributed by atoms with van der Waals surface area (Å²) in [7, 11) is 1.68. The molecule has 0 fully saturated rings. The molecule has 0 amide bonds. The maximum absolute atomic E-state index is 14.3. The summed E-state index contributed by atoms with van der Waals surface area (Å²) in [6.45, 7) is 3.87. The summed E-state index contributed by atoms with van der Waals surface area (Å²) in [4.78, 5) is 5.13. The number of allylic oxidation sites excluding steroid dienone is 3. The zero-order valence-corrected chi connectivity index (χ0v) is 13.1. The number of aromatic nitrogens is 1. The number of hydrogen-bond donors (Lipinski definition) is 0. The molecule has 2 heterocycles. The first-order valence-corrected chi connectivity index (χ1v) is 7.27. The van der Waals surface area contributed by atoms with Gasteiger partial charge in [-0.15, -0.1) is 0 Å². The molecule has 0 atom stereocenters. The maximum Gasteiger partial charge on any atom is 0.153 e. The monoisotopic (exact) mass is 330 g/mol. The van der Waals surface area contributed by atoms with E-state index in [1.165, 1.54) is 0 Å². The van der Waals surface area contributed by atoms with E-state index in [9.17, 15) is 8.78 Å². The van der Waals surface area contributed by atoms with Crippen LogP contribution in [0.1, 0.15) is 11.1 Å². The van der Waals surface area contributed by atoms with Gasteiger partial charge in [0.05, 0.1) is 34.4 Å². The number of hydrogen-bond acceptors (Lipinski definition) is 2. The molecular formula is C18H13ClF2N2. The third-order valence-electron chi connectivity index (χ3n) is 3.72. The molecule has 0 N–H and O–H groups in total. The Kier molecular flexibility index (Phi) is 4.01. The van der Waals surface area contributed by atoms with Gasteiger partial charge in [-0.25, -0.2) is 8.78 Å². The van der Waals surface area contributed by atoms with E-state index in [-0.39, 0.29) is 5.56 Å². The Bertz CT molecular complexity index is 821. The van der Waals surface area contributed by atoms with Crippen molar-refractivity contribution in [1.29, 1.82) is 0 Å². The van der Waals surface area contributed by atoms with Crippen LogP contribution in [0.25, 0.3) is 11.3 Å². The van der Waals surface area contributed by atoms with Crippen LogP contribution in [0.2, 0.25) is 0 Å². The van der Waals surface area contributed by atoms with E-state index in [0.29, 0.717) is 22.0 Å². The molecule has 0 spiro atoms. The standard InChI is InChI=1S/C18H13ClF2N2/c1-11-14(19)8-13(12-6-4-3-5-7-12)18(23(11)2)17-15(20)9-22-10-16(17)21/h3-10H,1H2,2H3. The van der Waals surface area contributed by atoms with E-state index < -0.39 is 11.6 Å². The molecule has 2 nitrogen and oxygen atoms in total. The minimum Gasteiger partial charge on any atom is -0.343 e. The van der Waals surface area contributed by atoms with Gasteiger partial charge in [0.25, 0.3) is 0 Å². The van der Waals surface area contributed by atoms with Gasteiger partial charge in [0.2, 0.25) is 0 Å². The largest absolute Gasteiger partial charge is 0.343 e. The number of likely N-dealkylation sites (N-methyl/N-ethyl adjacent to an activating group) is 1. The number of benzene rings is 1. The van der Waals surface area contributed by atoms with Gasteiger partial charge >= 0.3 is 0 Å². The third-order valence-corrected chi connectivity index (χ3v) is 4.04. The molecule has 0 unspecified atom stereocenters. The summed E-state index contributed by atoms with van der Waals surface area (Å²) in [5.74, 6) is -1.47. The highest BCUT2D eigenvalue weighted by atomic mass is 35.5. The van der Waals surface area contributed by atoms with E-state index in [1.54, 1.807) is 18.0 Å². The minimum atomic E-state index is -0.737. The molecule has 0 aliphatic carbocycles. The molecule has 0 saturated carbocycles. The van der Waals surface area contributed by atoms with Crippen LogP contribution in [0, 0.1) is 11.6 Å². The third kappa shape index (κ3) is 2.66. The van der Waals surface area contributed by atoms with Gasteiger partial charge in [0.15, 0.2) is 11.6 Å². The van der Waals surface area contributed by atoms with E-state index >= 15 is 0 Å². The molecule has 116 valence electrons. The quantitative estimate of drug-likeness (QED) is 0.785. The summed E-state index contributed by atoms with van der Waals surface area (Å²) in [6.07, 6.45) is 3.66. The van der Waals surface area contributed by atoms with Crippen LogP contribution in [0.4, 0.5) is 8.78 Å². The van der Waals surface area contributed by atoms with E-state index in [4.69, 9.17) is 11.6 Å². The highest BCUT2D eigenvalue weighted by Crippen LogP contribution is 2.40. The Morgan fingerprint density at radius 3 is 2.30 bits per heavy atom. The predicted octanol–water partition coefficient (Wildman–Crippen LogP) is 4.81. The molecular weight excluding hydrogens is 318 g/mol. The second-order valence-electron chi connectivity index (χ2n) is 5.10. The number of pyridine rings is 1. The van der Waals surface area contributed by atoms with Crippen LogP contribution in [-0.2, 0) is 0 Å². The lowest BCUT2D eigenvalue weighted by molar-refractivity contribution is 0.543. The summed E-state index contributed by atoms with van der Waals surface area (Å²) in [6, 6.07) is 9.28. The van der Waals surface area contributed by atoms with Crippen LogP contribution in [0.3, 0.4) is 0 Å². The van der Waals surface area contributed by atoms with Crippen LogP contribution in [0.5, 0.6) is 0 Å². The van der Waals surface area contributed by atoms with E-state index in [0.717, 1.165) is 18.0 Å². The molecule has 1 aromatic carbocycles. The Labute approximate surface area is 138 Å². The molecule has 0 saturated heterocycles. The first-order chi connectivity index (χ1) is 11.0. The molecule has 1 aliphatic heterocycles. The van der Waals surface area contributed by atoms with Gasteiger partial charge in [-0.05, 0) is 11.6 Å². The topological polar surface area (TPSA) is 16.1 Å². The molecule has 3 rings (SSSR count). The zero-order chi connectivity index (χ0) is 16.6. The van der Waals surface area contributed by atoms with E-state index in [2.05, 4.69) is 11.6 Å². The molecule has 0 radical (unpaired) electrons. The SMILES string of the molecule is C=C1C(Cl)=CC(c2ccccc2)=C(c2c(F)cncc2F)N1C. The molecule has 1 aliphatic rings. The van der Waals surface area contributed by atoms with Crippen molar-refractivity contribution < 1.29 is 8.78 Å². The molecule has 0 bridgehead atoms. The fourth-order valence-electron chi connectivity index (χ4n) is 2.53. The fraction of sp³-hybridized carbons (Fsp3) is 0.0556. The van der Waals surface area contributed by atoms with Crippen molar-refractivity contribution in [2.75, 3.05) is 7.05 Å². The number of nitrogens with zero attached hydrogens (tertiary/aromatic N) is 2. The highest BCUT2D eigenvalue weighted by molar-refractivity contribution is 6.33. The Hall–Kier alpha value is -2.46. The molecule has 1 aromatic heterocycles. The van der Waals surface area contributed by atoms with Crippen molar-refractivity contribution in [3.05, 3.63) is 88.9 Å². The summed E-state index contributed by atoms with van der Waals surface area (Å²) >= 11 is 6.22. The van der Waals surface area contributed by atoms with Crippen LogP contribution < -0.4 is 0 Å². The molecule has 2 aromatic rings. The summed E-state index contributed by atoms with van der Waals surface area (Å²) in [5.41, 5.74) is 2.10. The van der Waals surface area contributed by atoms with Crippen molar-refractivity contribution in [1.82, 2.24) is 9.88 Å². The predicted molar refractivity (Wildman–Crippen MR) is 88.2 cm³/mol. The normalized spacial score (nSPS) is 15.0. The summed E-state index contributed by atoms with van der Waals surface area (Å²) < 4.78 is 28.5. The lowest BCUT2D eigenvalue weighted by atomic mass is 9.95. The lowest BCUT2D eigenvalue weighted by Crippen LogP contribution is -2.22. The average Bonchev–Trinajstić information content (AvgIpc) is 2.55. The van der Waals surface area contributed by atoms with Gasteiger partial charge in [-0.2, -0.15) is 0 Å². The van der Waals surface area contributed by atoms with Crippen LogP contribution in [-0.4, -0.2) is 16.9 Å². The Morgan fingerprint density at radius 2 is 1.70 bits per heavy atom. The fourth-order valence-corrected chi connectivity index (χ4v) is 2.77. The van der Waals surface area contributed by atoms with Crippen molar-refractivity contribution in [3.8, 4) is 0 Å². The Balaban J connectivity index is 2.36. The van der Waals surface area contributed by atoms with Gasteiger partial charge in [0, 0.05) is 12.6 Å². The van der Waals surface area contributed by atoms with Gasteiger partial charge < -0.3 is 4.90 Å². The summed E-state index contributed by atoms with van der Waals surface area (Å²) in [5, 5.41) is 0.421. The number of rotatable bonds is 2. The second-order valence-corrected chi connectivity index (χ2v) is 5.51.